The molecule has 1 aromatic carbocycles. The van der Waals surface area contributed by atoms with Gasteiger partial charge in [0.15, 0.2) is 5.69 Å². The largest absolute Gasteiger partial charge is 0.573 e. The second-order valence-corrected chi connectivity index (χ2v) is 5.13. The number of rotatable bonds is 4. The number of halogens is 3. The number of ether oxygens (including phenoxy) is 2. The first-order valence-corrected chi connectivity index (χ1v) is 7.25. The molecule has 1 N–H and O–H groups in total. The SMILES string of the molecule is O=C(NCc1ccccc1OC(F)(F)F)c1cc2n(n1)CCCO2. The lowest BCUT2D eigenvalue weighted by atomic mass is 10.2. The zero-order valence-electron chi connectivity index (χ0n) is 12.5. The second-order valence-electron chi connectivity index (χ2n) is 5.13. The van der Waals surface area contributed by atoms with E-state index < -0.39 is 12.3 Å². The van der Waals surface area contributed by atoms with E-state index >= 15 is 0 Å². The Morgan fingerprint density at radius 2 is 2.17 bits per heavy atom. The molecule has 0 bridgehead atoms. The van der Waals surface area contributed by atoms with Crippen molar-refractivity contribution >= 4 is 5.91 Å². The quantitative estimate of drug-likeness (QED) is 0.928. The molecule has 1 aromatic heterocycles. The number of benzene rings is 1. The Kier molecular flexibility index (Phi) is 4.32. The van der Waals surface area contributed by atoms with Crippen molar-refractivity contribution in [1.29, 1.82) is 0 Å². The molecule has 0 atom stereocenters. The van der Waals surface area contributed by atoms with Gasteiger partial charge in [-0.3, -0.25) is 4.79 Å². The van der Waals surface area contributed by atoms with Crippen LogP contribution in [0.5, 0.6) is 11.6 Å². The molecule has 2 aromatic rings. The summed E-state index contributed by atoms with van der Waals surface area (Å²) in [5, 5.41) is 6.65. The third kappa shape index (κ3) is 3.79. The maximum Gasteiger partial charge on any atom is 0.573 e. The number of nitrogens with one attached hydrogen (secondary N) is 1. The summed E-state index contributed by atoms with van der Waals surface area (Å²) in [6, 6.07) is 7.13. The topological polar surface area (TPSA) is 65.4 Å². The molecule has 0 fully saturated rings. The molecule has 0 spiro atoms. The van der Waals surface area contributed by atoms with Crippen LogP contribution in [-0.2, 0) is 13.1 Å². The minimum absolute atomic E-state index is 0.117. The number of carbonyl (C=O) groups is 1. The van der Waals surface area contributed by atoms with Crippen molar-refractivity contribution in [3.63, 3.8) is 0 Å². The summed E-state index contributed by atoms with van der Waals surface area (Å²) in [4.78, 5) is 12.1. The molecule has 3 rings (SSSR count). The first-order chi connectivity index (χ1) is 11.4. The van der Waals surface area contributed by atoms with Crippen molar-refractivity contribution in [3.8, 4) is 11.6 Å². The van der Waals surface area contributed by atoms with Gasteiger partial charge in [-0.15, -0.1) is 13.2 Å². The van der Waals surface area contributed by atoms with Crippen LogP contribution in [0.25, 0.3) is 0 Å². The highest BCUT2D eigenvalue weighted by Crippen LogP contribution is 2.26. The van der Waals surface area contributed by atoms with E-state index in [0.29, 0.717) is 19.0 Å². The normalized spacial score (nSPS) is 13.8. The van der Waals surface area contributed by atoms with Gasteiger partial charge in [0, 0.05) is 31.1 Å². The van der Waals surface area contributed by atoms with Gasteiger partial charge in [0.1, 0.15) is 5.75 Å². The standard InChI is InChI=1S/C15H14F3N3O3/c16-15(17,18)24-12-5-2-1-4-10(12)9-19-14(22)11-8-13-21(20-11)6-3-7-23-13/h1-2,4-5,8H,3,6-7,9H2,(H,19,22). The van der Waals surface area contributed by atoms with E-state index in [-0.39, 0.29) is 23.6 Å². The van der Waals surface area contributed by atoms with Gasteiger partial charge in [-0.05, 0) is 6.07 Å². The number of hydrogen-bond donors (Lipinski definition) is 1. The molecule has 0 unspecified atom stereocenters. The van der Waals surface area contributed by atoms with Gasteiger partial charge in [-0.1, -0.05) is 18.2 Å². The Morgan fingerprint density at radius 1 is 1.38 bits per heavy atom. The summed E-state index contributed by atoms with van der Waals surface area (Å²) in [7, 11) is 0. The number of alkyl halides is 3. The first-order valence-electron chi connectivity index (χ1n) is 7.25. The molecule has 1 amide bonds. The average Bonchev–Trinajstić information content (AvgIpc) is 2.96. The molecular formula is C15H14F3N3O3. The summed E-state index contributed by atoms with van der Waals surface area (Å²) < 4.78 is 48.0. The van der Waals surface area contributed by atoms with Crippen LogP contribution < -0.4 is 14.8 Å². The number of aromatic nitrogens is 2. The van der Waals surface area contributed by atoms with E-state index in [1.165, 1.54) is 24.3 Å². The zero-order chi connectivity index (χ0) is 17.2. The van der Waals surface area contributed by atoms with Crippen molar-refractivity contribution < 1.29 is 27.4 Å². The summed E-state index contributed by atoms with van der Waals surface area (Å²) in [6.07, 6.45) is -3.99. The molecule has 2 heterocycles. The fraction of sp³-hybridized carbons (Fsp3) is 0.333. The van der Waals surface area contributed by atoms with Crippen molar-refractivity contribution in [3.05, 3.63) is 41.6 Å². The highest BCUT2D eigenvalue weighted by Gasteiger charge is 2.32. The van der Waals surface area contributed by atoms with Crippen LogP contribution in [0.2, 0.25) is 0 Å². The smallest absolute Gasteiger partial charge is 0.478 e. The summed E-state index contributed by atoms with van der Waals surface area (Å²) in [5.74, 6) is -0.340. The van der Waals surface area contributed by atoms with Crippen LogP contribution in [0.15, 0.2) is 30.3 Å². The van der Waals surface area contributed by atoms with Crippen LogP contribution in [0.3, 0.4) is 0 Å². The van der Waals surface area contributed by atoms with Gasteiger partial charge in [-0.25, -0.2) is 4.68 Å². The number of amides is 1. The molecule has 0 radical (unpaired) electrons. The molecule has 9 heteroatoms. The number of hydrogen-bond acceptors (Lipinski definition) is 4. The fourth-order valence-corrected chi connectivity index (χ4v) is 2.32. The number of carbonyl (C=O) groups excluding carboxylic acids is 1. The van der Waals surface area contributed by atoms with E-state index in [0.717, 1.165) is 6.42 Å². The van der Waals surface area contributed by atoms with Crippen LogP contribution in [-0.4, -0.2) is 28.7 Å². The molecular weight excluding hydrogens is 327 g/mol. The summed E-state index contributed by atoms with van der Waals surface area (Å²) >= 11 is 0. The highest BCUT2D eigenvalue weighted by atomic mass is 19.4. The molecule has 1 aliphatic rings. The lowest BCUT2D eigenvalue weighted by Gasteiger charge is -2.13. The number of aryl methyl sites for hydroxylation is 1. The van der Waals surface area contributed by atoms with E-state index in [9.17, 15) is 18.0 Å². The predicted octanol–water partition coefficient (Wildman–Crippen LogP) is 2.49. The first kappa shape index (κ1) is 16.2. The van der Waals surface area contributed by atoms with Crippen molar-refractivity contribution in [2.75, 3.05) is 6.61 Å². The van der Waals surface area contributed by atoms with Crippen molar-refractivity contribution in [2.45, 2.75) is 25.9 Å². The monoisotopic (exact) mass is 341 g/mol. The maximum atomic E-state index is 12.4. The van der Waals surface area contributed by atoms with Crippen molar-refractivity contribution in [1.82, 2.24) is 15.1 Å². The van der Waals surface area contributed by atoms with E-state index in [1.54, 1.807) is 10.7 Å². The Labute approximate surface area is 135 Å². The van der Waals surface area contributed by atoms with Gasteiger partial charge in [0.2, 0.25) is 5.88 Å². The van der Waals surface area contributed by atoms with Crippen LogP contribution in [0.4, 0.5) is 13.2 Å². The summed E-state index contributed by atoms with van der Waals surface area (Å²) in [5.41, 5.74) is 0.365. The maximum absolute atomic E-state index is 12.4. The van der Waals surface area contributed by atoms with Gasteiger partial charge in [0.25, 0.3) is 5.91 Å². The lowest BCUT2D eigenvalue weighted by molar-refractivity contribution is -0.274. The van der Waals surface area contributed by atoms with Gasteiger partial charge >= 0.3 is 6.36 Å². The summed E-state index contributed by atoms with van der Waals surface area (Å²) in [6.45, 7) is 1.11. The molecule has 128 valence electrons. The Balaban J connectivity index is 1.67. The Bertz CT molecular complexity index is 720. The lowest BCUT2D eigenvalue weighted by Crippen LogP contribution is -2.25. The van der Waals surface area contributed by atoms with Crippen molar-refractivity contribution in [2.24, 2.45) is 0 Å². The Hall–Kier alpha value is -2.71. The molecule has 1 aliphatic heterocycles. The van der Waals surface area contributed by atoms with Gasteiger partial charge < -0.3 is 14.8 Å². The van der Waals surface area contributed by atoms with Crippen LogP contribution in [0, 0.1) is 0 Å². The minimum atomic E-state index is -4.79. The van der Waals surface area contributed by atoms with E-state index in [4.69, 9.17) is 4.74 Å². The Morgan fingerprint density at radius 3 is 2.92 bits per heavy atom. The zero-order valence-corrected chi connectivity index (χ0v) is 12.5. The van der Waals surface area contributed by atoms with E-state index in [1.807, 2.05) is 0 Å². The number of nitrogens with zero attached hydrogens (tertiary/aromatic N) is 2. The highest BCUT2D eigenvalue weighted by molar-refractivity contribution is 5.92. The molecule has 0 saturated heterocycles. The van der Waals surface area contributed by atoms with Crippen LogP contribution in [0.1, 0.15) is 22.5 Å². The molecule has 0 saturated carbocycles. The minimum Gasteiger partial charge on any atom is -0.478 e. The second kappa shape index (κ2) is 6.42. The van der Waals surface area contributed by atoms with Crippen LogP contribution >= 0.6 is 0 Å². The fourth-order valence-electron chi connectivity index (χ4n) is 2.32. The van der Waals surface area contributed by atoms with Gasteiger partial charge in [-0.2, -0.15) is 5.10 Å². The van der Waals surface area contributed by atoms with Gasteiger partial charge in [0.05, 0.1) is 6.61 Å². The third-order valence-corrected chi connectivity index (χ3v) is 3.38. The van der Waals surface area contributed by atoms with E-state index in [2.05, 4.69) is 15.2 Å². The number of fused-ring (bicyclic) bond motifs is 1. The third-order valence-electron chi connectivity index (χ3n) is 3.38. The molecule has 24 heavy (non-hydrogen) atoms. The number of para-hydroxylation sites is 1. The average molecular weight is 341 g/mol. The predicted molar refractivity (Wildman–Crippen MR) is 76.6 cm³/mol. The molecule has 6 nitrogen and oxygen atoms in total. The molecule has 0 aliphatic carbocycles.